The molecule has 1 N–H and O–H groups in total. The second-order valence-corrected chi connectivity index (χ2v) is 5.44. The average Bonchev–Trinajstić information content (AvgIpc) is 2.47. The third-order valence-corrected chi connectivity index (χ3v) is 3.96. The van der Waals surface area contributed by atoms with Gasteiger partial charge in [-0.1, -0.05) is 6.92 Å². The van der Waals surface area contributed by atoms with E-state index < -0.39 is 0 Å². The Morgan fingerprint density at radius 1 is 1.35 bits per heavy atom. The van der Waals surface area contributed by atoms with Gasteiger partial charge < -0.3 is 15.0 Å². The highest BCUT2D eigenvalue weighted by Gasteiger charge is 2.21. The molecule has 2 rings (SSSR count). The molecule has 0 aromatic heterocycles. The van der Waals surface area contributed by atoms with Crippen molar-refractivity contribution in [2.75, 3.05) is 38.3 Å². The van der Waals surface area contributed by atoms with Gasteiger partial charge in [-0.2, -0.15) is 0 Å². The summed E-state index contributed by atoms with van der Waals surface area (Å²) in [5.41, 5.74) is 2.22. The predicted molar refractivity (Wildman–Crippen MR) is 80.6 cm³/mol. The number of rotatable bonds is 6. The topological polar surface area (TPSA) is 24.5 Å². The first-order valence-corrected chi connectivity index (χ1v) is 7.47. The first-order valence-electron chi connectivity index (χ1n) is 7.47. The maximum absolute atomic E-state index is 13.4. The largest absolute Gasteiger partial charge is 0.384 e. The van der Waals surface area contributed by atoms with Gasteiger partial charge in [-0.05, 0) is 49.1 Å². The molecule has 1 aromatic rings. The van der Waals surface area contributed by atoms with Gasteiger partial charge in [0.05, 0.1) is 0 Å². The SMILES string of the molecule is CCNCc1cc(F)ccc1N1CCC(COC)CC1. The summed E-state index contributed by atoms with van der Waals surface area (Å²) in [6.07, 6.45) is 2.29. The molecule has 0 spiro atoms. The highest BCUT2D eigenvalue weighted by atomic mass is 19.1. The van der Waals surface area contributed by atoms with E-state index in [1.54, 1.807) is 19.2 Å². The molecule has 1 heterocycles. The molecule has 0 aliphatic carbocycles. The van der Waals surface area contributed by atoms with E-state index >= 15 is 0 Å². The zero-order valence-electron chi connectivity index (χ0n) is 12.5. The predicted octanol–water partition coefficient (Wildman–Crippen LogP) is 2.80. The summed E-state index contributed by atoms with van der Waals surface area (Å²) in [4.78, 5) is 2.37. The van der Waals surface area contributed by atoms with Gasteiger partial charge in [-0.3, -0.25) is 0 Å². The van der Waals surface area contributed by atoms with E-state index in [2.05, 4.69) is 17.1 Å². The van der Waals surface area contributed by atoms with E-state index in [1.165, 1.54) is 5.69 Å². The average molecular weight is 280 g/mol. The standard InChI is InChI=1S/C16H25FN2O/c1-3-18-11-14-10-15(17)4-5-16(14)19-8-6-13(7-9-19)12-20-2/h4-5,10,13,18H,3,6-9,11-12H2,1-2H3. The van der Waals surface area contributed by atoms with Gasteiger partial charge in [0.15, 0.2) is 0 Å². The molecule has 0 unspecified atom stereocenters. The number of ether oxygens (including phenoxy) is 1. The van der Waals surface area contributed by atoms with Gasteiger partial charge in [0.1, 0.15) is 5.82 Å². The van der Waals surface area contributed by atoms with Gasteiger partial charge in [-0.15, -0.1) is 0 Å². The van der Waals surface area contributed by atoms with Crippen molar-refractivity contribution in [3.63, 3.8) is 0 Å². The van der Waals surface area contributed by atoms with Crippen LogP contribution in [0.4, 0.5) is 10.1 Å². The van der Waals surface area contributed by atoms with Crippen molar-refractivity contribution in [1.29, 1.82) is 0 Å². The van der Waals surface area contributed by atoms with Gasteiger partial charge in [0, 0.05) is 39.0 Å². The van der Waals surface area contributed by atoms with Crippen LogP contribution in [0.15, 0.2) is 18.2 Å². The Morgan fingerprint density at radius 2 is 2.10 bits per heavy atom. The van der Waals surface area contributed by atoms with E-state index in [0.717, 1.165) is 51.2 Å². The third kappa shape index (κ3) is 3.93. The Morgan fingerprint density at radius 3 is 2.75 bits per heavy atom. The second-order valence-electron chi connectivity index (χ2n) is 5.44. The molecule has 0 amide bonds. The first kappa shape index (κ1) is 15.3. The lowest BCUT2D eigenvalue weighted by Gasteiger charge is -2.34. The van der Waals surface area contributed by atoms with Crippen LogP contribution in [0.5, 0.6) is 0 Å². The molecule has 0 bridgehead atoms. The maximum Gasteiger partial charge on any atom is 0.123 e. The minimum absolute atomic E-state index is 0.157. The molecular formula is C16H25FN2O. The number of nitrogens with one attached hydrogen (secondary N) is 1. The molecule has 1 fully saturated rings. The van der Waals surface area contributed by atoms with E-state index in [-0.39, 0.29) is 5.82 Å². The number of halogens is 1. The molecule has 0 atom stereocenters. The van der Waals surface area contributed by atoms with Gasteiger partial charge >= 0.3 is 0 Å². The summed E-state index contributed by atoms with van der Waals surface area (Å²) >= 11 is 0. The number of benzene rings is 1. The second kappa shape index (κ2) is 7.60. The lowest BCUT2D eigenvalue weighted by molar-refractivity contribution is 0.139. The van der Waals surface area contributed by atoms with Crippen LogP contribution in [0.3, 0.4) is 0 Å². The van der Waals surface area contributed by atoms with Crippen LogP contribution < -0.4 is 10.2 Å². The normalized spacial score (nSPS) is 16.6. The number of hydrogen-bond acceptors (Lipinski definition) is 3. The summed E-state index contributed by atoms with van der Waals surface area (Å²) < 4.78 is 18.7. The highest BCUT2D eigenvalue weighted by molar-refractivity contribution is 5.54. The molecule has 20 heavy (non-hydrogen) atoms. The lowest BCUT2D eigenvalue weighted by Crippen LogP contribution is -2.35. The lowest BCUT2D eigenvalue weighted by atomic mass is 9.96. The molecule has 112 valence electrons. The van der Waals surface area contributed by atoms with Crippen LogP contribution in [0, 0.1) is 11.7 Å². The quantitative estimate of drug-likeness (QED) is 0.867. The van der Waals surface area contributed by atoms with Crippen LogP contribution in [-0.2, 0) is 11.3 Å². The number of nitrogens with zero attached hydrogens (tertiary/aromatic N) is 1. The Balaban J connectivity index is 2.04. The molecular weight excluding hydrogens is 255 g/mol. The summed E-state index contributed by atoms with van der Waals surface area (Å²) in [5.74, 6) is 0.504. The fourth-order valence-electron chi connectivity index (χ4n) is 2.84. The van der Waals surface area contributed by atoms with Crippen molar-refractivity contribution in [1.82, 2.24) is 5.32 Å². The van der Waals surface area contributed by atoms with E-state index in [4.69, 9.17) is 4.74 Å². The smallest absolute Gasteiger partial charge is 0.123 e. The molecule has 1 saturated heterocycles. The minimum Gasteiger partial charge on any atom is -0.384 e. The van der Waals surface area contributed by atoms with E-state index in [9.17, 15) is 4.39 Å². The molecule has 0 radical (unpaired) electrons. The summed E-state index contributed by atoms with van der Waals surface area (Å²) in [7, 11) is 1.76. The molecule has 4 heteroatoms. The third-order valence-electron chi connectivity index (χ3n) is 3.96. The van der Waals surface area contributed by atoms with Crippen LogP contribution in [0.1, 0.15) is 25.3 Å². The monoisotopic (exact) mass is 280 g/mol. The van der Waals surface area contributed by atoms with Crippen LogP contribution in [0.25, 0.3) is 0 Å². The van der Waals surface area contributed by atoms with Crippen molar-refractivity contribution in [3.8, 4) is 0 Å². The van der Waals surface area contributed by atoms with Crippen molar-refractivity contribution in [3.05, 3.63) is 29.6 Å². The van der Waals surface area contributed by atoms with Crippen molar-refractivity contribution >= 4 is 5.69 Å². The zero-order valence-corrected chi connectivity index (χ0v) is 12.5. The van der Waals surface area contributed by atoms with Crippen LogP contribution >= 0.6 is 0 Å². The highest BCUT2D eigenvalue weighted by Crippen LogP contribution is 2.27. The Labute approximate surface area is 121 Å². The summed E-state index contributed by atoms with van der Waals surface area (Å²) in [6.45, 7) is 6.59. The van der Waals surface area contributed by atoms with Crippen molar-refractivity contribution in [2.45, 2.75) is 26.3 Å². The fraction of sp³-hybridized carbons (Fsp3) is 0.625. The zero-order chi connectivity index (χ0) is 14.4. The molecule has 3 nitrogen and oxygen atoms in total. The van der Waals surface area contributed by atoms with Gasteiger partial charge in [0.2, 0.25) is 0 Å². The van der Waals surface area contributed by atoms with Gasteiger partial charge in [0.25, 0.3) is 0 Å². The maximum atomic E-state index is 13.4. The number of piperidine rings is 1. The van der Waals surface area contributed by atoms with Crippen LogP contribution in [0.2, 0.25) is 0 Å². The molecule has 1 aromatic carbocycles. The Kier molecular flexibility index (Phi) is 5.80. The van der Waals surface area contributed by atoms with Crippen LogP contribution in [-0.4, -0.2) is 33.4 Å². The van der Waals surface area contributed by atoms with Gasteiger partial charge in [-0.25, -0.2) is 4.39 Å². The molecule has 0 saturated carbocycles. The minimum atomic E-state index is -0.157. The summed E-state index contributed by atoms with van der Waals surface area (Å²) in [5, 5.41) is 3.29. The molecule has 1 aliphatic heterocycles. The fourth-order valence-corrected chi connectivity index (χ4v) is 2.84. The molecule has 1 aliphatic rings. The van der Waals surface area contributed by atoms with E-state index in [1.807, 2.05) is 6.07 Å². The number of methoxy groups -OCH3 is 1. The number of hydrogen-bond donors (Lipinski definition) is 1. The number of anilines is 1. The Hall–Kier alpha value is -1.13. The van der Waals surface area contributed by atoms with Crippen molar-refractivity contribution in [2.24, 2.45) is 5.92 Å². The van der Waals surface area contributed by atoms with Crippen molar-refractivity contribution < 1.29 is 9.13 Å². The van der Waals surface area contributed by atoms with E-state index in [0.29, 0.717) is 5.92 Å². The first-order chi connectivity index (χ1) is 9.74. The summed E-state index contributed by atoms with van der Waals surface area (Å²) in [6, 6.07) is 5.13. The Bertz CT molecular complexity index is 417.